The molecule has 3 rings (SSSR count). The maximum absolute atomic E-state index is 11.4. The van der Waals surface area contributed by atoms with Gasteiger partial charge in [0, 0.05) is 24.2 Å². The number of hydrogen-bond donors (Lipinski definition) is 1. The molecule has 0 amide bonds. The number of rotatable bonds is 6. The molecule has 3 aliphatic heterocycles. The first-order chi connectivity index (χ1) is 15.9. The van der Waals surface area contributed by atoms with Gasteiger partial charge in [-0.05, 0) is 64.9 Å². The van der Waals surface area contributed by atoms with E-state index < -0.39 is 6.35 Å². The van der Waals surface area contributed by atoms with E-state index in [1.54, 1.807) is 0 Å². The number of nitrogens with zero attached hydrogens (tertiary/aromatic N) is 4. The van der Waals surface area contributed by atoms with Crippen molar-refractivity contribution in [2.24, 2.45) is 0 Å². The summed E-state index contributed by atoms with van der Waals surface area (Å²) in [6.45, 7) is 16.3. The average Bonchev–Trinajstić information content (AvgIpc) is 3.02. The first-order valence-corrected chi connectivity index (χ1v) is 12.8. The zero-order valence-corrected chi connectivity index (χ0v) is 22.8. The van der Waals surface area contributed by atoms with Crippen molar-refractivity contribution in [3.05, 3.63) is 71.5 Å². The highest BCUT2D eigenvalue weighted by Gasteiger charge is 2.57. The number of allylic oxidation sites excluding steroid dienone is 6. The lowest BCUT2D eigenvalue weighted by atomic mass is 9.87. The van der Waals surface area contributed by atoms with Gasteiger partial charge in [-0.2, -0.15) is 0 Å². The molecule has 2 fully saturated rings. The van der Waals surface area contributed by atoms with Crippen LogP contribution in [-0.2, 0) is 0 Å². The number of hydrogen-bond acceptors (Lipinski definition) is 4. The molecular formula is C29H47N4O+. The lowest BCUT2D eigenvalue weighted by Gasteiger charge is -2.47. The molecule has 2 saturated heterocycles. The average molecular weight is 468 g/mol. The van der Waals surface area contributed by atoms with Gasteiger partial charge >= 0.3 is 0 Å². The molecule has 0 aliphatic carbocycles. The first kappa shape index (κ1) is 26.8. The molecule has 0 radical (unpaired) electrons. The maximum atomic E-state index is 11.4. The highest BCUT2D eigenvalue weighted by atomic mass is 16.3. The summed E-state index contributed by atoms with van der Waals surface area (Å²) in [4.78, 5) is 6.72. The second-order valence-electron chi connectivity index (χ2n) is 11.2. The second kappa shape index (κ2) is 10.5. The van der Waals surface area contributed by atoms with Gasteiger partial charge in [-0.3, -0.25) is 9.38 Å². The molecule has 3 aliphatic rings. The van der Waals surface area contributed by atoms with Crippen molar-refractivity contribution in [2.45, 2.75) is 64.5 Å². The molecular weight excluding hydrogens is 420 g/mol. The van der Waals surface area contributed by atoms with Crippen molar-refractivity contribution in [2.75, 3.05) is 47.8 Å². The summed E-state index contributed by atoms with van der Waals surface area (Å²) >= 11 is 0. The molecule has 1 N–H and O–H groups in total. The fourth-order valence-electron chi connectivity index (χ4n) is 5.72. The predicted octanol–water partition coefficient (Wildman–Crippen LogP) is 4.29. The maximum Gasteiger partial charge on any atom is 0.167 e. The van der Waals surface area contributed by atoms with E-state index >= 15 is 0 Å². The predicted molar refractivity (Wildman–Crippen MR) is 144 cm³/mol. The molecule has 5 nitrogen and oxygen atoms in total. The summed E-state index contributed by atoms with van der Waals surface area (Å²) in [5.41, 5.74) is 4.69. The number of fused-ring (bicyclic) bond motifs is 1. The number of aliphatic hydroxyl groups is 1. The van der Waals surface area contributed by atoms with Gasteiger partial charge in [-0.25, -0.2) is 4.90 Å². The van der Waals surface area contributed by atoms with E-state index in [9.17, 15) is 5.11 Å². The van der Waals surface area contributed by atoms with Gasteiger partial charge in [0.25, 0.3) is 0 Å². The van der Waals surface area contributed by atoms with Gasteiger partial charge in [0.05, 0.1) is 26.2 Å². The molecule has 3 heterocycles. The molecule has 0 saturated carbocycles. The van der Waals surface area contributed by atoms with Crippen LogP contribution < -0.4 is 0 Å². The Morgan fingerprint density at radius 3 is 2.59 bits per heavy atom. The van der Waals surface area contributed by atoms with Crippen molar-refractivity contribution in [1.29, 1.82) is 0 Å². The van der Waals surface area contributed by atoms with Gasteiger partial charge in [0.1, 0.15) is 12.2 Å². The fraction of sp³-hybridized carbons (Fsp3) is 0.586. The Morgan fingerprint density at radius 2 is 2.00 bits per heavy atom. The molecule has 5 heteroatoms. The van der Waals surface area contributed by atoms with Crippen LogP contribution in [0.3, 0.4) is 0 Å². The van der Waals surface area contributed by atoms with E-state index in [2.05, 4.69) is 113 Å². The Kier molecular flexibility index (Phi) is 8.26. The third-order valence-corrected chi connectivity index (χ3v) is 7.84. The van der Waals surface area contributed by atoms with Crippen LogP contribution in [0.15, 0.2) is 71.5 Å². The minimum absolute atomic E-state index is 0.0590. The molecule has 0 aromatic heterocycles. The summed E-state index contributed by atoms with van der Waals surface area (Å²) in [6, 6.07) is 0.263. The van der Waals surface area contributed by atoms with Crippen molar-refractivity contribution in [3.63, 3.8) is 0 Å². The first-order valence-electron chi connectivity index (χ1n) is 12.8. The van der Waals surface area contributed by atoms with Crippen LogP contribution in [0.1, 0.15) is 40.5 Å². The minimum Gasteiger partial charge on any atom is -0.365 e. The van der Waals surface area contributed by atoms with Crippen LogP contribution >= 0.6 is 0 Å². The monoisotopic (exact) mass is 467 g/mol. The van der Waals surface area contributed by atoms with Gasteiger partial charge in [0.15, 0.2) is 6.35 Å². The Morgan fingerprint density at radius 1 is 1.29 bits per heavy atom. The third kappa shape index (κ3) is 5.24. The van der Waals surface area contributed by atoms with Crippen LogP contribution in [0, 0.1) is 0 Å². The SMILES string of the molecule is C=C1C(=CC=CCC)[N+](C)(C)CC2C1N(C(C)(C)C=CC(=CC)C1=CCN(C)CC1)C(O)N2C. The molecule has 188 valence electrons. The third-order valence-electron chi connectivity index (χ3n) is 7.84. The van der Waals surface area contributed by atoms with E-state index in [4.69, 9.17) is 0 Å². The summed E-state index contributed by atoms with van der Waals surface area (Å²) in [6.07, 6.45) is 17.1. The van der Waals surface area contributed by atoms with Gasteiger partial charge in [-0.15, -0.1) is 0 Å². The van der Waals surface area contributed by atoms with Crippen molar-refractivity contribution in [1.82, 2.24) is 14.7 Å². The Labute approximate surface area is 208 Å². The van der Waals surface area contributed by atoms with E-state index in [-0.39, 0.29) is 17.6 Å². The molecule has 3 atom stereocenters. The van der Waals surface area contributed by atoms with Crippen molar-refractivity contribution < 1.29 is 9.59 Å². The summed E-state index contributed by atoms with van der Waals surface area (Å²) in [5.74, 6) is 0. The zero-order chi connectivity index (χ0) is 25.3. The molecule has 34 heavy (non-hydrogen) atoms. The summed E-state index contributed by atoms with van der Waals surface area (Å²) in [5, 5.41) is 11.4. The number of aliphatic hydroxyl groups excluding tert-OH is 1. The summed E-state index contributed by atoms with van der Waals surface area (Å²) < 4.78 is 0.764. The molecule has 0 aromatic rings. The highest BCUT2D eigenvalue weighted by Crippen LogP contribution is 2.43. The lowest BCUT2D eigenvalue weighted by Crippen LogP contribution is -2.60. The zero-order valence-electron chi connectivity index (χ0n) is 22.8. The van der Waals surface area contributed by atoms with Crippen LogP contribution in [0.25, 0.3) is 0 Å². The quantitative estimate of drug-likeness (QED) is 0.466. The topological polar surface area (TPSA) is 30.0 Å². The van der Waals surface area contributed by atoms with E-state index in [0.29, 0.717) is 0 Å². The smallest absolute Gasteiger partial charge is 0.167 e. The van der Waals surface area contributed by atoms with E-state index in [0.717, 1.165) is 42.5 Å². The van der Waals surface area contributed by atoms with Crippen LogP contribution in [0.5, 0.6) is 0 Å². The van der Waals surface area contributed by atoms with E-state index in [1.807, 2.05) is 7.05 Å². The molecule has 3 unspecified atom stereocenters. The van der Waals surface area contributed by atoms with Crippen molar-refractivity contribution in [3.8, 4) is 0 Å². The Balaban J connectivity index is 1.93. The van der Waals surface area contributed by atoms with Gasteiger partial charge < -0.3 is 10.0 Å². The number of likely N-dealkylation sites (N-methyl/N-ethyl adjacent to an activating group) is 3. The standard InChI is InChI=1S/C29H47N4O/c1-10-12-13-14-26-22(3)27-25(21-33(26,8)9)31(7)28(34)32(27)29(4,5)18-15-23(11-2)24-16-19-30(6)20-17-24/h11-16,18,25,27-28,34H,3,10,17,19-21H2,1-2,4-9H3/q+1. The molecule has 0 aromatic carbocycles. The number of piperidine rings is 1. The van der Waals surface area contributed by atoms with Crippen LogP contribution in [-0.4, -0.2) is 96.1 Å². The normalized spacial score (nSPS) is 31.1. The number of likely N-dealkylation sites (tertiary alicyclic amines) is 1. The number of quaternary nitrogens is 1. The fourth-order valence-corrected chi connectivity index (χ4v) is 5.72. The van der Waals surface area contributed by atoms with Crippen LogP contribution in [0.2, 0.25) is 0 Å². The van der Waals surface area contributed by atoms with E-state index in [1.165, 1.54) is 16.8 Å². The Bertz CT molecular complexity index is 920. The minimum atomic E-state index is -0.659. The van der Waals surface area contributed by atoms with Gasteiger partial charge in [0.2, 0.25) is 0 Å². The van der Waals surface area contributed by atoms with Crippen LogP contribution in [0.4, 0.5) is 0 Å². The van der Waals surface area contributed by atoms with Crippen molar-refractivity contribution >= 4 is 0 Å². The highest BCUT2D eigenvalue weighted by molar-refractivity contribution is 5.42. The summed E-state index contributed by atoms with van der Waals surface area (Å²) in [7, 11) is 8.70. The largest absolute Gasteiger partial charge is 0.365 e. The molecule has 0 spiro atoms. The van der Waals surface area contributed by atoms with Gasteiger partial charge in [-0.1, -0.05) is 50.0 Å². The molecule has 0 bridgehead atoms. The lowest BCUT2D eigenvalue weighted by molar-refractivity contribution is -0.855. The Hall–Kier alpha value is -1.76. The second-order valence-corrected chi connectivity index (χ2v) is 11.2.